The van der Waals surface area contributed by atoms with Gasteiger partial charge in [-0.25, -0.2) is 0 Å². The summed E-state index contributed by atoms with van der Waals surface area (Å²) >= 11 is 0. The van der Waals surface area contributed by atoms with Crippen molar-refractivity contribution in [2.45, 2.75) is 39.4 Å². The molecule has 0 saturated heterocycles. The molecule has 0 heterocycles. The van der Waals surface area contributed by atoms with Crippen LogP contribution < -0.4 is 0 Å². The van der Waals surface area contributed by atoms with Crippen LogP contribution in [0.4, 0.5) is 0 Å². The number of aliphatic hydroxyl groups excluding tert-OH is 2. The summed E-state index contributed by atoms with van der Waals surface area (Å²) in [7, 11) is 4.89. The molecule has 0 bridgehead atoms. The largest absolute Gasteiger partial charge is 0.396 e. The zero-order valence-corrected chi connectivity index (χ0v) is 12.1. The zero-order chi connectivity index (χ0) is 14.1. The Labute approximate surface area is 106 Å². The Morgan fingerprint density at radius 3 is 1.65 bits per heavy atom. The predicted molar refractivity (Wildman–Crippen MR) is 69.3 cm³/mol. The van der Waals surface area contributed by atoms with Gasteiger partial charge in [-0.2, -0.15) is 0 Å². The van der Waals surface area contributed by atoms with E-state index in [0.717, 1.165) is 6.42 Å². The highest BCUT2D eigenvalue weighted by molar-refractivity contribution is 4.49. The van der Waals surface area contributed by atoms with Crippen molar-refractivity contribution in [1.82, 2.24) is 0 Å². The first-order chi connectivity index (χ1) is 8.03. The Morgan fingerprint density at radius 1 is 1.00 bits per heavy atom. The molecule has 17 heavy (non-hydrogen) atoms. The van der Waals surface area contributed by atoms with E-state index in [9.17, 15) is 0 Å². The van der Waals surface area contributed by atoms with Crippen molar-refractivity contribution < 1.29 is 24.4 Å². The van der Waals surface area contributed by atoms with Gasteiger partial charge in [0.2, 0.25) is 0 Å². The average molecular weight is 254 g/mol. The summed E-state index contributed by atoms with van der Waals surface area (Å²) in [5.74, 6) is 0. The molecule has 2 N–H and O–H groups in total. The third-order valence-corrected chi connectivity index (χ3v) is 1.50. The molecular formula is C12H30O5. The molecule has 0 aromatic rings. The fourth-order valence-corrected chi connectivity index (χ4v) is 0.421. The molecule has 0 amide bonds. The maximum atomic E-state index is 8.55. The lowest BCUT2D eigenvalue weighted by molar-refractivity contribution is -0.0313. The Balaban J connectivity index is -0.000000232. The topological polar surface area (TPSA) is 68.2 Å². The van der Waals surface area contributed by atoms with Crippen LogP contribution in [0, 0.1) is 0 Å². The van der Waals surface area contributed by atoms with Gasteiger partial charge < -0.3 is 24.4 Å². The molecule has 0 saturated carbocycles. The molecule has 0 spiro atoms. The van der Waals surface area contributed by atoms with Gasteiger partial charge in [-0.1, -0.05) is 6.92 Å². The highest BCUT2D eigenvalue weighted by atomic mass is 16.5. The van der Waals surface area contributed by atoms with E-state index in [1.165, 1.54) is 0 Å². The smallest absolute Gasteiger partial charge is 0.0779 e. The second-order valence-corrected chi connectivity index (χ2v) is 3.50. The van der Waals surface area contributed by atoms with Crippen molar-refractivity contribution in [3.63, 3.8) is 0 Å². The van der Waals surface area contributed by atoms with E-state index >= 15 is 0 Å². The normalized spacial score (nSPS) is 12.7. The van der Waals surface area contributed by atoms with Gasteiger partial charge in [0.15, 0.2) is 0 Å². The molecule has 5 nitrogen and oxygen atoms in total. The van der Waals surface area contributed by atoms with Crippen LogP contribution in [-0.2, 0) is 14.2 Å². The Kier molecular flexibility index (Phi) is 27.4. The molecule has 108 valence electrons. The lowest BCUT2D eigenvalue weighted by Crippen LogP contribution is -2.21. The van der Waals surface area contributed by atoms with Crippen molar-refractivity contribution in [2.75, 3.05) is 41.2 Å². The molecule has 2 atom stereocenters. The molecule has 0 aromatic carbocycles. The molecule has 0 fully saturated rings. The number of hydrogen-bond donors (Lipinski definition) is 2. The van der Waals surface area contributed by atoms with Gasteiger partial charge in [-0.05, 0) is 20.3 Å². The third-order valence-electron chi connectivity index (χ3n) is 1.50. The summed E-state index contributed by atoms with van der Waals surface area (Å²) in [5, 5.41) is 16.4. The van der Waals surface area contributed by atoms with Gasteiger partial charge in [-0.3, -0.25) is 0 Å². The van der Waals surface area contributed by atoms with Crippen LogP contribution in [0.5, 0.6) is 0 Å². The molecule has 0 aliphatic carbocycles. The van der Waals surface area contributed by atoms with Gasteiger partial charge in [0.25, 0.3) is 0 Å². The fraction of sp³-hybridized carbons (Fsp3) is 1.00. The highest BCUT2D eigenvalue weighted by Gasteiger charge is 2.03. The molecule has 2 unspecified atom stereocenters. The lowest BCUT2D eigenvalue weighted by Gasteiger charge is -2.13. The Bertz CT molecular complexity index is 99.1. The number of hydrogen-bond acceptors (Lipinski definition) is 5. The maximum absolute atomic E-state index is 8.55. The minimum atomic E-state index is -0.0856. The van der Waals surface area contributed by atoms with Crippen LogP contribution in [-0.4, -0.2) is 63.6 Å². The van der Waals surface area contributed by atoms with Crippen LogP contribution in [0.15, 0.2) is 0 Å². The third kappa shape index (κ3) is 31.3. The number of rotatable bonds is 6. The first-order valence-electron chi connectivity index (χ1n) is 5.80. The van der Waals surface area contributed by atoms with Crippen molar-refractivity contribution >= 4 is 0 Å². The Morgan fingerprint density at radius 2 is 1.41 bits per heavy atom. The van der Waals surface area contributed by atoms with E-state index in [2.05, 4.69) is 4.74 Å². The first-order valence-corrected chi connectivity index (χ1v) is 5.80. The van der Waals surface area contributed by atoms with Crippen molar-refractivity contribution in [3.8, 4) is 0 Å². The van der Waals surface area contributed by atoms with Gasteiger partial charge >= 0.3 is 0 Å². The van der Waals surface area contributed by atoms with E-state index in [-0.39, 0.29) is 18.8 Å². The van der Waals surface area contributed by atoms with Gasteiger partial charge in [-0.15, -0.1) is 0 Å². The Hall–Kier alpha value is -0.200. The van der Waals surface area contributed by atoms with Crippen LogP contribution in [0.25, 0.3) is 0 Å². The summed E-state index contributed by atoms with van der Waals surface area (Å²) in [6, 6.07) is 0. The monoisotopic (exact) mass is 254 g/mol. The molecule has 5 heteroatoms. The molecule has 0 rings (SSSR count). The summed E-state index contributed by atoms with van der Waals surface area (Å²) in [5.41, 5.74) is 0. The molecule has 0 aromatic heterocycles. The van der Waals surface area contributed by atoms with E-state index in [1.54, 1.807) is 21.3 Å². The van der Waals surface area contributed by atoms with E-state index in [4.69, 9.17) is 19.7 Å². The molecule has 0 aliphatic heterocycles. The molecule has 0 aliphatic rings. The van der Waals surface area contributed by atoms with Gasteiger partial charge in [0.1, 0.15) is 0 Å². The number of methoxy groups -OCH3 is 2. The van der Waals surface area contributed by atoms with E-state index < -0.39 is 0 Å². The first kappa shape index (κ1) is 22.0. The summed E-state index contributed by atoms with van der Waals surface area (Å²) in [6.45, 7) is 6.60. The zero-order valence-electron chi connectivity index (χ0n) is 12.1. The fourth-order valence-electron chi connectivity index (χ4n) is 0.421. The van der Waals surface area contributed by atoms with Crippen molar-refractivity contribution in [1.29, 1.82) is 0 Å². The quantitative estimate of drug-likeness (QED) is 0.742. The second kappa shape index (κ2) is 21.1. The minimum Gasteiger partial charge on any atom is -0.396 e. The average Bonchev–Trinajstić information content (AvgIpc) is 2.36. The molecule has 0 radical (unpaired) electrons. The van der Waals surface area contributed by atoms with Crippen LogP contribution in [0.2, 0.25) is 0 Å². The number of aliphatic hydroxyl groups is 2. The van der Waals surface area contributed by atoms with Crippen LogP contribution >= 0.6 is 0 Å². The van der Waals surface area contributed by atoms with E-state index in [0.29, 0.717) is 13.2 Å². The van der Waals surface area contributed by atoms with Crippen LogP contribution in [0.1, 0.15) is 27.2 Å². The summed E-state index contributed by atoms with van der Waals surface area (Å²) < 4.78 is 14.4. The molecular weight excluding hydrogens is 224 g/mol. The van der Waals surface area contributed by atoms with Crippen molar-refractivity contribution in [2.24, 2.45) is 0 Å². The van der Waals surface area contributed by atoms with Gasteiger partial charge in [0.05, 0.1) is 25.4 Å². The minimum absolute atomic E-state index is 0.0659. The van der Waals surface area contributed by atoms with Crippen LogP contribution in [0.3, 0.4) is 0 Å². The second-order valence-electron chi connectivity index (χ2n) is 3.50. The van der Waals surface area contributed by atoms with Crippen molar-refractivity contribution in [3.05, 3.63) is 0 Å². The number of ether oxygens (including phenoxy) is 3. The standard InChI is InChI=1S/C7H16O3.C3H8O.C2H6O/c1-6(4-8)10-5-7(2)9-3;1-2-3-4;1-3-2/h6-8H,4-5H2,1-3H3;4H,2-3H2,1H3;1-2H3. The summed E-state index contributed by atoms with van der Waals surface area (Å²) in [4.78, 5) is 0. The highest BCUT2D eigenvalue weighted by Crippen LogP contribution is 1.93. The van der Waals surface area contributed by atoms with E-state index in [1.807, 2.05) is 20.8 Å². The van der Waals surface area contributed by atoms with Gasteiger partial charge in [0, 0.05) is 27.9 Å². The predicted octanol–water partition coefficient (Wildman–Crippen LogP) is 1.07. The lowest BCUT2D eigenvalue weighted by atomic mass is 10.4. The summed E-state index contributed by atoms with van der Waals surface area (Å²) in [6.07, 6.45) is 0.895. The maximum Gasteiger partial charge on any atom is 0.0779 e. The SMILES string of the molecule is CCCO.COC.COC(C)COC(C)CO.